The first-order valence-electron chi connectivity index (χ1n) is 12.1. The van der Waals surface area contributed by atoms with Crippen molar-refractivity contribution in [3.63, 3.8) is 0 Å². The molecule has 4 aromatic rings. The average Bonchev–Trinajstić information content (AvgIpc) is 3.23. The Kier molecular flexibility index (Phi) is 4.95. The predicted octanol–water partition coefficient (Wildman–Crippen LogP) is 4.57. The van der Waals surface area contributed by atoms with Crippen molar-refractivity contribution in [1.82, 2.24) is 9.47 Å². The molecule has 8 heteroatoms. The molecule has 2 atom stereocenters. The van der Waals surface area contributed by atoms with E-state index in [4.69, 9.17) is 14.2 Å². The van der Waals surface area contributed by atoms with Gasteiger partial charge >= 0.3 is 6.16 Å². The molecule has 1 saturated heterocycles. The molecule has 0 bridgehead atoms. The molecule has 3 aromatic carbocycles. The second-order valence-corrected chi connectivity index (χ2v) is 10.4. The largest absolute Gasteiger partial charge is 0.509 e. The molecule has 6 rings (SSSR count). The number of aryl methyl sites for hydroxylation is 1. The monoisotopic (exact) mass is 487 g/mol. The lowest BCUT2D eigenvalue weighted by Gasteiger charge is -2.39. The first-order valence-corrected chi connectivity index (χ1v) is 12.1. The molecule has 0 amide bonds. The fraction of sp³-hybridized carbons (Fsp3) is 0.357. The Hall–Kier alpha value is -3.78. The van der Waals surface area contributed by atoms with E-state index >= 15 is 0 Å². The summed E-state index contributed by atoms with van der Waals surface area (Å²) in [5, 5.41) is 6.68. The summed E-state index contributed by atoms with van der Waals surface area (Å²) in [5.41, 5.74) is 1.95. The number of benzene rings is 3. The lowest BCUT2D eigenvalue weighted by Crippen LogP contribution is -2.48. The molecule has 2 aliphatic rings. The van der Waals surface area contributed by atoms with Gasteiger partial charge in [0, 0.05) is 31.6 Å². The summed E-state index contributed by atoms with van der Waals surface area (Å²) in [4.78, 5) is 28.4. The van der Waals surface area contributed by atoms with Gasteiger partial charge in [-0.05, 0) is 50.8 Å². The van der Waals surface area contributed by atoms with E-state index in [1.54, 1.807) is 0 Å². The molecule has 2 aliphatic heterocycles. The highest BCUT2D eigenvalue weighted by molar-refractivity contribution is 6.06. The van der Waals surface area contributed by atoms with Crippen molar-refractivity contribution in [3.05, 3.63) is 58.3 Å². The van der Waals surface area contributed by atoms with Gasteiger partial charge in [-0.25, -0.2) is 4.79 Å². The lowest BCUT2D eigenvalue weighted by atomic mass is 9.86. The number of nitrogens with zero attached hydrogens (tertiary/aromatic N) is 2. The minimum absolute atomic E-state index is 0.0781. The second-order valence-electron chi connectivity index (χ2n) is 10.4. The van der Waals surface area contributed by atoms with Crippen LogP contribution in [0.25, 0.3) is 32.6 Å². The zero-order chi connectivity index (χ0) is 25.4. The molecular formula is C28H29N3O5. The molecule has 0 radical (unpaired) electrons. The van der Waals surface area contributed by atoms with Gasteiger partial charge in [-0.1, -0.05) is 24.3 Å². The fourth-order valence-corrected chi connectivity index (χ4v) is 5.51. The van der Waals surface area contributed by atoms with E-state index in [0.717, 1.165) is 22.8 Å². The number of hydrogen-bond acceptors (Lipinski definition) is 7. The Morgan fingerprint density at radius 2 is 1.78 bits per heavy atom. The number of ether oxygens (including phenoxy) is 3. The zero-order valence-corrected chi connectivity index (χ0v) is 21.0. The first-order chi connectivity index (χ1) is 17.2. The van der Waals surface area contributed by atoms with E-state index in [1.807, 2.05) is 82.0 Å². The normalized spacial score (nSPS) is 20.2. The number of fused-ring (bicyclic) bond motifs is 7. The molecule has 3 heterocycles. The average molecular weight is 488 g/mol. The van der Waals surface area contributed by atoms with Crippen molar-refractivity contribution in [2.24, 2.45) is 7.05 Å². The summed E-state index contributed by atoms with van der Waals surface area (Å²) in [6.07, 6.45) is -2.04. The number of nitrogens with one attached hydrogen (secondary N) is 1. The Balaban J connectivity index is 1.71. The highest BCUT2D eigenvalue weighted by Gasteiger charge is 2.54. The molecule has 0 saturated carbocycles. The van der Waals surface area contributed by atoms with Gasteiger partial charge in [0.1, 0.15) is 11.4 Å². The van der Waals surface area contributed by atoms with Crippen LogP contribution in [0.5, 0.6) is 5.75 Å². The van der Waals surface area contributed by atoms with Crippen LogP contribution >= 0.6 is 0 Å². The number of anilines is 1. The van der Waals surface area contributed by atoms with E-state index < -0.39 is 24.0 Å². The summed E-state index contributed by atoms with van der Waals surface area (Å²) in [5.74, 6) is 0.578. The highest BCUT2D eigenvalue weighted by Crippen LogP contribution is 2.50. The van der Waals surface area contributed by atoms with Crippen molar-refractivity contribution in [2.45, 2.75) is 31.7 Å². The van der Waals surface area contributed by atoms with Gasteiger partial charge in [0.05, 0.1) is 27.7 Å². The van der Waals surface area contributed by atoms with Gasteiger partial charge < -0.3 is 29.0 Å². The van der Waals surface area contributed by atoms with E-state index in [1.165, 1.54) is 0 Å². The Morgan fingerprint density at radius 3 is 2.50 bits per heavy atom. The molecule has 1 fully saturated rings. The Labute approximate surface area is 208 Å². The van der Waals surface area contributed by atoms with Crippen LogP contribution in [0.3, 0.4) is 0 Å². The quantitative estimate of drug-likeness (QED) is 0.334. The molecule has 186 valence electrons. The number of likely N-dealkylation sites (N-methyl/N-ethyl adjacent to an activating group) is 1. The Bertz CT molecular complexity index is 1620. The van der Waals surface area contributed by atoms with Crippen molar-refractivity contribution >= 4 is 44.4 Å². The maximum Gasteiger partial charge on any atom is 0.509 e. The number of aromatic nitrogens is 1. The van der Waals surface area contributed by atoms with Crippen LogP contribution < -0.4 is 15.5 Å². The van der Waals surface area contributed by atoms with E-state index in [9.17, 15) is 9.59 Å². The number of carbonyl (C=O) groups excluding carboxylic acids is 1. The standard InChI is InChI=1S/C28H29N3O5/c1-28(2)26-25(34-27(33)35-26)22-20(36-28)14-18(29-10-11-30(3)4)21-23(22)31(5)19-13-16-9-7-6-8-15(16)12-17(19)24(21)32/h6-9,12-14,25-26,29H,10-11H2,1-5H3/t25-,26-/m0/s1. The van der Waals surface area contributed by atoms with Crippen LogP contribution in [-0.4, -0.2) is 54.5 Å². The van der Waals surface area contributed by atoms with Crippen LogP contribution in [0.1, 0.15) is 25.5 Å². The molecule has 8 nitrogen and oxygen atoms in total. The van der Waals surface area contributed by atoms with Crippen LogP contribution in [-0.2, 0) is 16.5 Å². The van der Waals surface area contributed by atoms with Crippen LogP contribution in [0, 0.1) is 0 Å². The predicted molar refractivity (Wildman–Crippen MR) is 140 cm³/mol. The van der Waals surface area contributed by atoms with Gasteiger partial charge in [0.15, 0.2) is 17.6 Å². The smallest absolute Gasteiger partial charge is 0.483 e. The van der Waals surface area contributed by atoms with Gasteiger partial charge in [-0.2, -0.15) is 0 Å². The van der Waals surface area contributed by atoms with Crippen LogP contribution in [0.2, 0.25) is 0 Å². The number of hydrogen-bond donors (Lipinski definition) is 1. The summed E-state index contributed by atoms with van der Waals surface area (Å²) in [6, 6.07) is 13.9. The van der Waals surface area contributed by atoms with Crippen LogP contribution in [0.4, 0.5) is 10.5 Å². The summed E-state index contributed by atoms with van der Waals surface area (Å²) < 4.78 is 19.6. The molecular weight excluding hydrogens is 458 g/mol. The minimum Gasteiger partial charge on any atom is -0.483 e. The third-order valence-corrected chi connectivity index (χ3v) is 7.27. The molecule has 0 aliphatic carbocycles. The van der Waals surface area contributed by atoms with Gasteiger partial charge in [-0.3, -0.25) is 4.79 Å². The van der Waals surface area contributed by atoms with E-state index in [0.29, 0.717) is 39.8 Å². The number of carbonyl (C=O) groups is 1. The molecule has 1 N–H and O–H groups in total. The van der Waals surface area contributed by atoms with E-state index in [-0.39, 0.29) is 5.43 Å². The third kappa shape index (κ3) is 3.32. The number of rotatable bonds is 4. The molecule has 36 heavy (non-hydrogen) atoms. The van der Waals surface area contributed by atoms with Gasteiger partial charge in [0.25, 0.3) is 0 Å². The summed E-state index contributed by atoms with van der Waals surface area (Å²) >= 11 is 0. The minimum atomic E-state index is -0.801. The van der Waals surface area contributed by atoms with Gasteiger partial charge in [-0.15, -0.1) is 0 Å². The van der Waals surface area contributed by atoms with Crippen molar-refractivity contribution in [2.75, 3.05) is 32.5 Å². The molecule has 1 aromatic heterocycles. The van der Waals surface area contributed by atoms with E-state index in [2.05, 4.69) is 10.2 Å². The third-order valence-electron chi connectivity index (χ3n) is 7.27. The summed E-state index contributed by atoms with van der Waals surface area (Å²) in [6.45, 7) is 5.20. The molecule has 0 spiro atoms. The summed E-state index contributed by atoms with van der Waals surface area (Å²) in [7, 11) is 5.95. The van der Waals surface area contributed by atoms with Crippen molar-refractivity contribution < 1.29 is 19.0 Å². The van der Waals surface area contributed by atoms with Crippen molar-refractivity contribution in [3.8, 4) is 5.75 Å². The second kappa shape index (κ2) is 7.86. The fourth-order valence-electron chi connectivity index (χ4n) is 5.51. The lowest BCUT2D eigenvalue weighted by molar-refractivity contribution is -0.0497. The highest BCUT2D eigenvalue weighted by atomic mass is 16.8. The SMILES string of the molecule is CN(C)CCNc1cc2c(c3c1c(=O)c1cc4ccccc4cc1n3C)[C@@H]1OC(=O)O[C@@H]1C(C)(C)O2. The number of pyridine rings is 1. The zero-order valence-electron chi connectivity index (χ0n) is 21.0. The first kappa shape index (κ1) is 22.7. The topological polar surface area (TPSA) is 82.0 Å². The molecule has 0 unspecified atom stereocenters. The van der Waals surface area contributed by atoms with Crippen molar-refractivity contribution in [1.29, 1.82) is 0 Å². The van der Waals surface area contributed by atoms with Gasteiger partial charge in [0.2, 0.25) is 0 Å². The Morgan fingerprint density at radius 1 is 1.06 bits per heavy atom. The maximum absolute atomic E-state index is 14.1. The maximum atomic E-state index is 14.1. The van der Waals surface area contributed by atoms with Crippen LogP contribution in [0.15, 0.2) is 47.3 Å².